The van der Waals surface area contributed by atoms with Crippen molar-refractivity contribution in [1.82, 2.24) is 15.0 Å². The van der Waals surface area contributed by atoms with Gasteiger partial charge in [-0.25, -0.2) is 0 Å². The van der Waals surface area contributed by atoms with E-state index in [-0.39, 0.29) is 12.0 Å². The molecule has 20 heavy (non-hydrogen) atoms. The number of aryl methyl sites for hydroxylation is 1. The normalized spacial score (nSPS) is 10.3. The van der Waals surface area contributed by atoms with Gasteiger partial charge in [0, 0.05) is 5.69 Å². The number of nitrogen functional groups attached to an aromatic ring is 1. The molecule has 0 spiro atoms. The third-order valence-electron chi connectivity index (χ3n) is 2.92. The zero-order chi connectivity index (χ0) is 14.5. The highest BCUT2D eigenvalue weighted by atomic mass is 16.5. The lowest BCUT2D eigenvalue weighted by Crippen LogP contribution is -2.08. The van der Waals surface area contributed by atoms with E-state index in [4.69, 9.17) is 10.5 Å². The summed E-state index contributed by atoms with van der Waals surface area (Å²) in [6, 6.07) is 6.24. The van der Waals surface area contributed by atoms with Crippen LogP contribution in [0.5, 0.6) is 6.01 Å². The number of ether oxygens (including phenoxy) is 1. The maximum absolute atomic E-state index is 5.67. The average molecular weight is 273 g/mol. The molecule has 0 amide bonds. The van der Waals surface area contributed by atoms with E-state index in [2.05, 4.69) is 33.3 Å². The fourth-order valence-electron chi connectivity index (χ4n) is 1.69. The van der Waals surface area contributed by atoms with Crippen LogP contribution in [0.4, 0.5) is 17.6 Å². The molecule has 0 saturated heterocycles. The van der Waals surface area contributed by atoms with Crippen molar-refractivity contribution < 1.29 is 4.74 Å². The van der Waals surface area contributed by atoms with Gasteiger partial charge in [-0.05, 0) is 37.5 Å². The minimum Gasteiger partial charge on any atom is -0.463 e. The zero-order valence-electron chi connectivity index (χ0n) is 12.0. The number of hydrogen-bond acceptors (Lipinski definition) is 6. The summed E-state index contributed by atoms with van der Waals surface area (Å²) in [6.07, 6.45) is 0.880. The van der Waals surface area contributed by atoms with Gasteiger partial charge in [-0.2, -0.15) is 15.0 Å². The van der Waals surface area contributed by atoms with Gasteiger partial charge in [0.15, 0.2) is 0 Å². The van der Waals surface area contributed by atoms with Crippen LogP contribution in [0.3, 0.4) is 0 Å². The Labute approximate surface area is 118 Å². The van der Waals surface area contributed by atoms with Gasteiger partial charge in [-0.3, -0.25) is 0 Å². The number of nitrogens with one attached hydrogen (secondary N) is 1. The van der Waals surface area contributed by atoms with Crippen LogP contribution in [-0.2, 0) is 0 Å². The van der Waals surface area contributed by atoms with Crippen LogP contribution < -0.4 is 15.8 Å². The molecule has 2 aromatic rings. The SMILES string of the molecule is CCCOc1nc(N)nc(Nc2cccc(C)c2C)n1. The van der Waals surface area contributed by atoms with E-state index in [1.54, 1.807) is 0 Å². The van der Waals surface area contributed by atoms with E-state index in [1.165, 1.54) is 5.56 Å². The van der Waals surface area contributed by atoms with Gasteiger partial charge in [-0.15, -0.1) is 0 Å². The molecular weight excluding hydrogens is 254 g/mol. The summed E-state index contributed by atoms with van der Waals surface area (Å²) >= 11 is 0. The van der Waals surface area contributed by atoms with Crippen molar-refractivity contribution in [1.29, 1.82) is 0 Å². The Bertz CT molecular complexity index is 600. The van der Waals surface area contributed by atoms with E-state index in [0.29, 0.717) is 12.6 Å². The monoisotopic (exact) mass is 273 g/mol. The molecule has 1 heterocycles. The molecule has 0 radical (unpaired) electrons. The summed E-state index contributed by atoms with van der Waals surface area (Å²) in [5, 5.41) is 3.15. The summed E-state index contributed by atoms with van der Waals surface area (Å²) < 4.78 is 5.39. The molecule has 0 fully saturated rings. The van der Waals surface area contributed by atoms with E-state index < -0.39 is 0 Å². The zero-order valence-corrected chi connectivity index (χ0v) is 12.0. The van der Waals surface area contributed by atoms with E-state index in [0.717, 1.165) is 17.7 Å². The molecule has 0 aliphatic carbocycles. The molecular formula is C14H19N5O. The second-order valence-electron chi connectivity index (χ2n) is 4.52. The average Bonchev–Trinajstić information content (AvgIpc) is 2.41. The first-order chi connectivity index (χ1) is 9.60. The lowest BCUT2D eigenvalue weighted by molar-refractivity contribution is 0.292. The van der Waals surface area contributed by atoms with E-state index in [9.17, 15) is 0 Å². The van der Waals surface area contributed by atoms with Crippen LogP contribution >= 0.6 is 0 Å². The van der Waals surface area contributed by atoms with E-state index >= 15 is 0 Å². The Morgan fingerprint density at radius 1 is 1.20 bits per heavy atom. The number of rotatable bonds is 5. The molecule has 0 saturated carbocycles. The fourth-order valence-corrected chi connectivity index (χ4v) is 1.69. The predicted molar refractivity (Wildman–Crippen MR) is 79.2 cm³/mol. The van der Waals surface area contributed by atoms with Crippen molar-refractivity contribution in [2.24, 2.45) is 0 Å². The van der Waals surface area contributed by atoms with Crippen molar-refractivity contribution in [3.63, 3.8) is 0 Å². The number of aromatic nitrogens is 3. The number of nitrogens with two attached hydrogens (primary N) is 1. The van der Waals surface area contributed by atoms with Gasteiger partial charge >= 0.3 is 6.01 Å². The minimum absolute atomic E-state index is 0.138. The van der Waals surface area contributed by atoms with Crippen LogP contribution in [0.25, 0.3) is 0 Å². The molecule has 106 valence electrons. The maximum atomic E-state index is 5.67. The van der Waals surface area contributed by atoms with Gasteiger partial charge < -0.3 is 15.8 Å². The van der Waals surface area contributed by atoms with Crippen molar-refractivity contribution in [3.05, 3.63) is 29.3 Å². The number of hydrogen-bond donors (Lipinski definition) is 2. The topological polar surface area (TPSA) is 86.0 Å². The van der Waals surface area contributed by atoms with Crippen LogP contribution in [-0.4, -0.2) is 21.6 Å². The predicted octanol–water partition coefficient (Wildman–Crippen LogP) is 2.60. The molecule has 0 bridgehead atoms. The standard InChI is InChI=1S/C14H19N5O/c1-4-8-20-14-18-12(15)17-13(19-14)16-11-7-5-6-9(2)10(11)3/h5-7H,4,8H2,1-3H3,(H3,15,16,17,18,19). The molecule has 1 aromatic heterocycles. The summed E-state index contributed by atoms with van der Waals surface area (Å²) in [4.78, 5) is 12.2. The summed E-state index contributed by atoms with van der Waals surface area (Å²) in [5.41, 5.74) is 8.95. The fraction of sp³-hybridized carbons (Fsp3) is 0.357. The second kappa shape index (κ2) is 6.18. The maximum Gasteiger partial charge on any atom is 0.323 e. The largest absolute Gasteiger partial charge is 0.463 e. The highest BCUT2D eigenvalue weighted by Crippen LogP contribution is 2.21. The second-order valence-corrected chi connectivity index (χ2v) is 4.52. The Balaban J connectivity index is 2.24. The van der Waals surface area contributed by atoms with Crippen LogP contribution in [0, 0.1) is 13.8 Å². The van der Waals surface area contributed by atoms with Crippen molar-refractivity contribution in [2.75, 3.05) is 17.7 Å². The van der Waals surface area contributed by atoms with Crippen LogP contribution in [0.15, 0.2) is 18.2 Å². The highest BCUT2D eigenvalue weighted by Gasteiger charge is 2.07. The Hall–Kier alpha value is -2.37. The van der Waals surface area contributed by atoms with Gasteiger partial charge in [0.1, 0.15) is 0 Å². The quantitative estimate of drug-likeness (QED) is 0.870. The van der Waals surface area contributed by atoms with Crippen molar-refractivity contribution in [2.45, 2.75) is 27.2 Å². The third-order valence-corrected chi connectivity index (χ3v) is 2.92. The Morgan fingerprint density at radius 2 is 2.00 bits per heavy atom. The lowest BCUT2D eigenvalue weighted by Gasteiger charge is -2.11. The molecule has 1 aromatic carbocycles. The highest BCUT2D eigenvalue weighted by molar-refractivity contribution is 5.60. The van der Waals surface area contributed by atoms with Crippen LogP contribution in [0.1, 0.15) is 24.5 Å². The molecule has 3 N–H and O–H groups in total. The summed E-state index contributed by atoms with van der Waals surface area (Å²) in [5.74, 6) is 0.524. The number of nitrogens with zero attached hydrogens (tertiary/aromatic N) is 3. The molecule has 0 aliphatic heterocycles. The first kappa shape index (κ1) is 14.0. The number of anilines is 3. The van der Waals surface area contributed by atoms with Crippen molar-refractivity contribution >= 4 is 17.6 Å². The molecule has 0 atom stereocenters. The lowest BCUT2D eigenvalue weighted by atomic mass is 10.1. The van der Waals surface area contributed by atoms with Gasteiger partial charge in [-0.1, -0.05) is 19.1 Å². The van der Waals surface area contributed by atoms with Gasteiger partial charge in [0.25, 0.3) is 0 Å². The smallest absolute Gasteiger partial charge is 0.323 e. The van der Waals surface area contributed by atoms with Crippen LogP contribution in [0.2, 0.25) is 0 Å². The molecule has 0 aliphatic rings. The van der Waals surface area contributed by atoms with E-state index in [1.807, 2.05) is 26.0 Å². The minimum atomic E-state index is 0.138. The molecule has 0 unspecified atom stereocenters. The third kappa shape index (κ3) is 3.34. The van der Waals surface area contributed by atoms with Crippen molar-refractivity contribution in [3.8, 4) is 6.01 Å². The van der Waals surface area contributed by atoms with Gasteiger partial charge in [0.05, 0.1) is 6.61 Å². The first-order valence-electron chi connectivity index (χ1n) is 6.57. The molecule has 6 nitrogen and oxygen atoms in total. The first-order valence-corrected chi connectivity index (χ1v) is 6.57. The number of benzene rings is 1. The Morgan fingerprint density at radius 3 is 2.75 bits per heavy atom. The molecule has 2 rings (SSSR count). The molecule has 6 heteroatoms. The van der Waals surface area contributed by atoms with Gasteiger partial charge in [0.2, 0.25) is 11.9 Å². The Kier molecular flexibility index (Phi) is 4.34. The summed E-state index contributed by atoms with van der Waals surface area (Å²) in [7, 11) is 0. The summed E-state index contributed by atoms with van der Waals surface area (Å²) in [6.45, 7) is 6.65.